The van der Waals surface area contributed by atoms with Gasteiger partial charge in [0.15, 0.2) is 6.10 Å². The van der Waals surface area contributed by atoms with Gasteiger partial charge in [0.05, 0.1) is 19.3 Å². The number of allylic oxidation sites excluding steroid dienone is 13. The van der Waals surface area contributed by atoms with Crippen molar-refractivity contribution in [2.45, 2.75) is 154 Å². The number of carbonyl (C=O) groups is 3. The Kier molecular flexibility index (Phi) is 35.9. The number of carbonyl (C=O) groups excluding carboxylic acids is 2. The van der Waals surface area contributed by atoms with E-state index in [1.165, 1.54) is 38.5 Å². The number of unbranched alkanes of at least 4 members (excludes halogenated alkanes) is 8. The van der Waals surface area contributed by atoms with Crippen molar-refractivity contribution in [2.75, 3.05) is 19.8 Å². The van der Waals surface area contributed by atoms with E-state index in [-0.39, 0.29) is 25.7 Å². The SMILES string of the molecule is CC/C=C\C/C=C\C/C=C\C/C=C\CCCCC(=O)OC[C@H](COP(=O)(O)OC[C@H](N)C(=O)O)OC(=O)CCCC(O)/C=C/C=C/C/C=C/CCCCCCCC. The molecular formula is C44H72NO11P. The summed E-state index contributed by atoms with van der Waals surface area (Å²) >= 11 is 0. The minimum Gasteiger partial charge on any atom is -0.480 e. The van der Waals surface area contributed by atoms with E-state index < -0.39 is 63.8 Å². The number of esters is 2. The maximum absolute atomic E-state index is 12.6. The van der Waals surface area contributed by atoms with Crippen molar-refractivity contribution in [1.82, 2.24) is 0 Å². The van der Waals surface area contributed by atoms with E-state index in [0.29, 0.717) is 6.42 Å². The van der Waals surface area contributed by atoms with Crippen LogP contribution in [-0.2, 0) is 37.5 Å². The third-order valence-electron chi connectivity index (χ3n) is 8.23. The first-order valence-electron chi connectivity index (χ1n) is 20.7. The van der Waals surface area contributed by atoms with E-state index in [1.54, 1.807) is 12.2 Å². The van der Waals surface area contributed by atoms with Gasteiger partial charge in [0, 0.05) is 12.8 Å². The van der Waals surface area contributed by atoms with E-state index in [0.717, 1.165) is 51.4 Å². The molecule has 0 heterocycles. The van der Waals surface area contributed by atoms with Crippen LogP contribution < -0.4 is 5.73 Å². The molecule has 0 aromatic heterocycles. The molecule has 57 heavy (non-hydrogen) atoms. The Labute approximate surface area is 342 Å². The van der Waals surface area contributed by atoms with Gasteiger partial charge >= 0.3 is 25.7 Å². The summed E-state index contributed by atoms with van der Waals surface area (Å²) in [4.78, 5) is 45.9. The van der Waals surface area contributed by atoms with Gasteiger partial charge in [-0.15, -0.1) is 0 Å². The van der Waals surface area contributed by atoms with Crippen LogP contribution in [0.15, 0.2) is 85.1 Å². The van der Waals surface area contributed by atoms with Crippen LogP contribution in [-0.4, -0.2) is 71.1 Å². The van der Waals surface area contributed by atoms with Crippen LogP contribution >= 0.6 is 7.82 Å². The first-order chi connectivity index (χ1) is 27.5. The summed E-state index contributed by atoms with van der Waals surface area (Å²) in [5.74, 6) is -2.67. The molecule has 13 heteroatoms. The highest BCUT2D eigenvalue weighted by atomic mass is 31.2. The fraction of sp³-hybridized carbons (Fsp3) is 0.614. The number of phosphoric acid groups is 1. The molecule has 0 rings (SSSR count). The van der Waals surface area contributed by atoms with Gasteiger partial charge in [0.25, 0.3) is 0 Å². The molecule has 324 valence electrons. The Balaban J connectivity index is 4.68. The lowest BCUT2D eigenvalue weighted by Gasteiger charge is -2.20. The number of rotatable bonds is 37. The fourth-order valence-corrected chi connectivity index (χ4v) is 5.72. The molecule has 0 aromatic rings. The highest BCUT2D eigenvalue weighted by Crippen LogP contribution is 2.43. The summed E-state index contributed by atoms with van der Waals surface area (Å²) in [6, 6.07) is -1.56. The predicted molar refractivity (Wildman–Crippen MR) is 227 cm³/mol. The third kappa shape index (κ3) is 37.9. The average molecular weight is 822 g/mol. The second-order valence-electron chi connectivity index (χ2n) is 13.6. The molecule has 0 radical (unpaired) electrons. The fourth-order valence-electron chi connectivity index (χ4n) is 4.94. The Bertz CT molecular complexity index is 1300. The minimum absolute atomic E-state index is 0.0768. The van der Waals surface area contributed by atoms with Crippen LogP contribution in [0.2, 0.25) is 0 Å². The predicted octanol–water partition coefficient (Wildman–Crippen LogP) is 9.69. The van der Waals surface area contributed by atoms with Gasteiger partial charge in [-0.05, 0) is 77.0 Å². The highest BCUT2D eigenvalue weighted by molar-refractivity contribution is 7.47. The second-order valence-corrected chi connectivity index (χ2v) is 15.0. The minimum atomic E-state index is -4.78. The van der Waals surface area contributed by atoms with E-state index in [4.69, 9.17) is 24.8 Å². The number of aliphatic hydroxyl groups excluding tert-OH is 1. The summed E-state index contributed by atoms with van der Waals surface area (Å²) in [6.07, 6.45) is 42.6. The zero-order valence-electron chi connectivity index (χ0n) is 34.5. The molecule has 0 bridgehead atoms. The van der Waals surface area contributed by atoms with Crippen molar-refractivity contribution >= 4 is 25.7 Å². The maximum Gasteiger partial charge on any atom is 0.472 e. The lowest BCUT2D eigenvalue weighted by Crippen LogP contribution is -2.34. The number of phosphoric ester groups is 1. The van der Waals surface area contributed by atoms with Crippen molar-refractivity contribution < 1.29 is 52.6 Å². The number of carboxylic acids is 1. The number of nitrogens with two attached hydrogens (primary N) is 1. The maximum atomic E-state index is 12.6. The molecule has 0 aliphatic carbocycles. The molecule has 0 spiro atoms. The van der Waals surface area contributed by atoms with Crippen LogP contribution in [0.5, 0.6) is 0 Å². The van der Waals surface area contributed by atoms with Crippen molar-refractivity contribution in [3.63, 3.8) is 0 Å². The number of hydrogen-bond acceptors (Lipinski definition) is 10. The highest BCUT2D eigenvalue weighted by Gasteiger charge is 2.28. The Morgan fingerprint density at radius 3 is 1.82 bits per heavy atom. The number of carboxylic acid groups (broad SMARTS) is 1. The van der Waals surface area contributed by atoms with Gasteiger partial charge in [-0.1, -0.05) is 131 Å². The smallest absolute Gasteiger partial charge is 0.472 e. The lowest BCUT2D eigenvalue weighted by molar-refractivity contribution is -0.161. The molecular weight excluding hydrogens is 749 g/mol. The van der Waals surface area contributed by atoms with Crippen LogP contribution in [0.25, 0.3) is 0 Å². The van der Waals surface area contributed by atoms with Gasteiger partial charge in [0.1, 0.15) is 12.6 Å². The second kappa shape index (κ2) is 38.2. The van der Waals surface area contributed by atoms with Crippen molar-refractivity contribution in [1.29, 1.82) is 0 Å². The molecule has 2 unspecified atom stereocenters. The Hall–Kier alpha value is -3.38. The van der Waals surface area contributed by atoms with E-state index in [9.17, 15) is 28.9 Å². The van der Waals surface area contributed by atoms with Crippen LogP contribution in [0, 0.1) is 0 Å². The molecule has 0 aliphatic heterocycles. The van der Waals surface area contributed by atoms with E-state index >= 15 is 0 Å². The molecule has 4 atom stereocenters. The molecule has 0 fully saturated rings. The molecule has 0 aliphatic rings. The molecule has 0 saturated heterocycles. The summed E-state index contributed by atoms with van der Waals surface area (Å²) in [5.41, 5.74) is 5.31. The average Bonchev–Trinajstić information content (AvgIpc) is 3.18. The number of ether oxygens (including phenoxy) is 2. The third-order valence-corrected chi connectivity index (χ3v) is 9.18. The lowest BCUT2D eigenvalue weighted by atomic mass is 10.1. The zero-order valence-corrected chi connectivity index (χ0v) is 35.4. The monoisotopic (exact) mass is 821 g/mol. The molecule has 0 amide bonds. The van der Waals surface area contributed by atoms with Gasteiger partial charge in [-0.2, -0.15) is 0 Å². The van der Waals surface area contributed by atoms with Crippen molar-refractivity contribution in [2.24, 2.45) is 5.73 Å². The normalized spacial score (nSPS) is 15.2. The van der Waals surface area contributed by atoms with Crippen LogP contribution in [0.3, 0.4) is 0 Å². The summed E-state index contributed by atoms with van der Waals surface area (Å²) < 4.78 is 32.4. The van der Waals surface area contributed by atoms with Crippen molar-refractivity contribution in [3.05, 3.63) is 85.1 Å². The van der Waals surface area contributed by atoms with Crippen LogP contribution in [0.1, 0.15) is 136 Å². The van der Waals surface area contributed by atoms with Gasteiger partial charge in [-0.3, -0.25) is 23.4 Å². The Morgan fingerprint density at radius 2 is 1.19 bits per heavy atom. The van der Waals surface area contributed by atoms with Crippen LogP contribution in [0.4, 0.5) is 0 Å². The summed E-state index contributed by atoms with van der Waals surface area (Å²) in [5, 5.41) is 19.2. The van der Waals surface area contributed by atoms with Crippen molar-refractivity contribution in [3.8, 4) is 0 Å². The van der Waals surface area contributed by atoms with E-state index in [2.05, 4.69) is 79.1 Å². The van der Waals surface area contributed by atoms with Gasteiger partial charge < -0.3 is 30.3 Å². The summed E-state index contributed by atoms with van der Waals surface area (Å²) in [7, 11) is -4.78. The molecule has 0 aromatic carbocycles. The first-order valence-corrected chi connectivity index (χ1v) is 22.2. The van der Waals surface area contributed by atoms with Gasteiger partial charge in [0.2, 0.25) is 0 Å². The Morgan fingerprint density at radius 1 is 0.649 bits per heavy atom. The number of hydrogen-bond donors (Lipinski definition) is 4. The van der Waals surface area contributed by atoms with Gasteiger partial charge in [-0.25, -0.2) is 4.57 Å². The quantitative estimate of drug-likeness (QED) is 0.0153. The standard InChI is InChI=1S/C44H72NO11P/c1-3-5-7-9-11-13-15-17-18-20-22-24-26-28-30-34-42(47)53-36-40(37-54-57(51,52)55-38-41(45)44(49)50)56-43(48)35-31-33-39(46)32-29-27-25-23-21-19-16-14-12-10-8-6-4-2/h5,7,11,13,17-19,21-22,24-25,27,29,32,39-41,46H,3-4,6,8-10,12,14-16,20,23,26,28,30-31,33-38,45H2,1-2H3,(H,49,50)(H,51,52)/b7-5-,13-11-,18-17-,21-19+,24-22-,27-25+,32-29+/t39?,40-,41+/m1/s1. The first kappa shape index (κ1) is 53.6. The molecule has 0 saturated carbocycles. The largest absolute Gasteiger partial charge is 0.480 e. The summed E-state index contributed by atoms with van der Waals surface area (Å²) in [6.45, 7) is 2.42. The zero-order chi connectivity index (χ0) is 42.2. The number of aliphatic hydroxyl groups is 1. The molecule has 12 nitrogen and oxygen atoms in total. The molecule has 5 N–H and O–H groups in total. The topological polar surface area (TPSA) is 192 Å². The van der Waals surface area contributed by atoms with E-state index in [1.807, 2.05) is 12.2 Å². The number of aliphatic carboxylic acids is 1.